The van der Waals surface area contributed by atoms with Gasteiger partial charge >= 0.3 is 0 Å². The molecule has 3 rings (SSSR count). The summed E-state index contributed by atoms with van der Waals surface area (Å²) >= 11 is 0. The minimum absolute atomic E-state index is 0.544. The first-order valence-electron chi connectivity index (χ1n) is 6.95. The fraction of sp³-hybridized carbons (Fsp3) is 0.667. The Balaban J connectivity index is 1.75. The van der Waals surface area contributed by atoms with Crippen molar-refractivity contribution in [2.45, 2.75) is 51.9 Å². The number of aromatic nitrogens is 2. The van der Waals surface area contributed by atoms with Crippen LogP contribution in [0.15, 0.2) is 24.2 Å². The molecule has 1 aromatic rings. The van der Waals surface area contributed by atoms with Gasteiger partial charge in [-0.15, -0.1) is 0 Å². The first-order valence-corrected chi connectivity index (χ1v) is 6.95. The van der Waals surface area contributed by atoms with E-state index < -0.39 is 0 Å². The van der Waals surface area contributed by atoms with E-state index in [1.807, 2.05) is 6.20 Å². The summed E-state index contributed by atoms with van der Waals surface area (Å²) in [6, 6.07) is 0. The summed E-state index contributed by atoms with van der Waals surface area (Å²) in [6.45, 7) is 2.48. The number of H-pyrrole nitrogens is 1. The number of imidazole rings is 1. The SMILES string of the molecule is CC12CCCCC1=CC(Cc1cnc[nH]1)CC2. The lowest BCUT2D eigenvalue weighted by atomic mass is 9.64. The molecule has 0 spiro atoms. The molecular formula is C15H22N2. The number of rotatable bonds is 2. The fourth-order valence-electron chi connectivity index (χ4n) is 3.57. The molecule has 2 heteroatoms. The summed E-state index contributed by atoms with van der Waals surface area (Å²) in [5.74, 6) is 0.733. The highest BCUT2D eigenvalue weighted by molar-refractivity contribution is 5.21. The minimum atomic E-state index is 0.544. The number of nitrogens with one attached hydrogen (secondary N) is 1. The molecule has 1 fully saturated rings. The summed E-state index contributed by atoms with van der Waals surface area (Å²) in [7, 11) is 0. The number of hydrogen-bond acceptors (Lipinski definition) is 1. The standard InChI is InChI=1S/C15H22N2/c1-15-6-3-2-4-13(15)8-12(5-7-15)9-14-10-16-11-17-14/h8,10-12H,2-7,9H2,1H3,(H,16,17). The van der Waals surface area contributed by atoms with Gasteiger partial charge in [0.15, 0.2) is 0 Å². The van der Waals surface area contributed by atoms with E-state index in [0.29, 0.717) is 5.41 Å². The van der Waals surface area contributed by atoms with Crippen LogP contribution in [0.2, 0.25) is 0 Å². The lowest BCUT2D eigenvalue weighted by Crippen LogP contribution is -2.28. The summed E-state index contributed by atoms with van der Waals surface area (Å²) < 4.78 is 0. The topological polar surface area (TPSA) is 28.7 Å². The van der Waals surface area contributed by atoms with Crippen molar-refractivity contribution < 1.29 is 0 Å². The second-order valence-electron chi connectivity index (χ2n) is 6.04. The number of aromatic amines is 1. The van der Waals surface area contributed by atoms with Crippen LogP contribution in [0.1, 0.15) is 51.1 Å². The fourth-order valence-corrected chi connectivity index (χ4v) is 3.57. The molecule has 17 heavy (non-hydrogen) atoms. The van der Waals surface area contributed by atoms with E-state index in [2.05, 4.69) is 23.0 Å². The van der Waals surface area contributed by atoms with Crippen LogP contribution in [-0.2, 0) is 6.42 Å². The Morgan fingerprint density at radius 3 is 3.18 bits per heavy atom. The first-order chi connectivity index (χ1) is 8.26. The highest BCUT2D eigenvalue weighted by atomic mass is 14.9. The third kappa shape index (κ3) is 2.18. The van der Waals surface area contributed by atoms with Gasteiger partial charge in [-0.25, -0.2) is 4.98 Å². The Kier molecular flexibility index (Phi) is 2.81. The van der Waals surface area contributed by atoms with Gasteiger partial charge in [0.25, 0.3) is 0 Å². The van der Waals surface area contributed by atoms with Crippen LogP contribution in [0.5, 0.6) is 0 Å². The highest BCUT2D eigenvalue weighted by Crippen LogP contribution is 2.48. The van der Waals surface area contributed by atoms with E-state index >= 15 is 0 Å². The lowest BCUT2D eigenvalue weighted by molar-refractivity contribution is 0.241. The Morgan fingerprint density at radius 2 is 2.35 bits per heavy atom. The molecule has 0 bridgehead atoms. The van der Waals surface area contributed by atoms with Crippen molar-refractivity contribution in [3.63, 3.8) is 0 Å². The molecule has 0 amide bonds. The van der Waals surface area contributed by atoms with Gasteiger partial charge in [0, 0.05) is 11.9 Å². The Labute approximate surface area is 104 Å². The van der Waals surface area contributed by atoms with Gasteiger partial charge < -0.3 is 4.98 Å². The van der Waals surface area contributed by atoms with E-state index in [1.54, 1.807) is 11.9 Å². The first kappa shape index (κ1) is 11.1. The Morgan fingerprint density at radius 1 is 1.41 bits per heavy atom. The van der Waals surface area contributed by atoms with Crippen LogP contribution in [0.3, 0.4) is 0 Å². The van der Waals surface area contributed by atoms with Crippen LogP contribution in [-0.4, -0.2) is 9.97 Å². The molecule has 0 radical (unpaired) electrons. The zero-order valence-electron chi connectivity index (χ0n) is 10.7. The van der Waals surface area contributed by atoms with Crippen molar-refractivity contribution in [1.82, 2.24) is 9.97 Å². The van der Waals surface area contributed by atoms with E-state index in [-0.39, 0.29) is 0 Å². The molecule has 2 unspecified atom stereocenters. The monoisotopic (exact) mass is 230 g/mol. The predicted octanol–water partition coefficient (Wildman–Crippen LogP) is 3.87. The number of nitrogens with zero attached hydrogens (tertiary/aromatic N) is 1. The van der Waals surface area contributed by atoms with Crippen molar-refractivity contribution in [3.05, 3.63) is 29.9 Å². The maximum atomic E-state index is 4.11. The molecule has 92 valence electrons. The second-order valence-corrected chi connectivity index (χ2v) is 6.04. The molecule has 0 saturated heterocycles. The molecule has 0 aliphatic heterocycles. The molecule has 1 heterocycles. The molecule has 2 nitrogen and oxygen atoms in total. The van der Waals surface area contributed by atoms with Crippen LogP contribution >= 0.6 is 0 Å². The second kappa shape index (κ2) is 4.32. The van der Waals surface area contributed by atoms with E-state index in [9.17, 15) is 0 Å². The normalized spacial score (nSPS) is 33.0. The Hall–Kier alpha value is -1.05. The highest BCUT2D eigenvalue weighted by Gasteiger charge is 2.35. The molecular weight excluding hydrogens is 208 g/mol. The molecule has 1 N–H and O–H groups in total. The van der Waals surface area contributed by atoms with Gasteiger partial charge in [-0.1, -0.05) is 25.0 Å². The van der Waals surface area contributed by atoms with Crippen LogP contribution in [0, 0.1) is 11.3 Å². The van der Waals surface area contributed by atoms with Gasteiger partial charge in [-0.2, -0.15) is 0 Å². The van der Waals surface area contributed by atoms with Crippen molar-refractivity contribution in [2.24, 2.45) is 11.3 Å². The van der Waals surface area contributed by atoms with Crippen LogP contribution in [0.4, 0.5) is 0 Å². The predicted molar refractivity (Wildman–Crippen MR) is 69.7 cm³/mol. The van der Waals surface area contributed by atoms with Crippen LogP contribution < -0.4 is 0 Å². The van der Waals surface area contributed by atoms with Crippen molar-refractivity contribution in [1.29, 1.82) is 0 Å². The number of hydrogen-bond donors (Lipinski definition) is 1. The molecule has 2 atom stereocenters. The summed E-state index contributed by atoms with van der Waals surface area (Å²) in [5, 5.41) is 0. The minimum Gasteiger partial charge on any atom is -0.348 e. The largest absolute Gasteiger partial charge is 0.348 e. The summed E-state index contributed by atoms with van der Waals surface area (Å²) in [4.78, 5) is 7.33. The lowest BCUT2D eigenvalue weighted by Gasteiger charge is -2.41. The average molecular weight is 230 g/mol. The average Bonchev–Trinajstić information content (AvgIpc) is 2.82. The van der Waals surface area contributed by atoms with E-state index in [0.717, 1.165) is 12.3 Å². The van der Waals surface area contributed by atoms with Crippen molar-refractivity contribution in [2.75, 3.05) is 0 Å². The van der Waals surface area contributed by atoms with Gasteiger partial charge in [0.1, 0.15) is 0 Å². The molecule has 2 aliphatic rings. The van der Waals surface area contributed by atoms with Crippen molar-refractivity contribution in [3.8, 4) is 0 Å². The summed E-state index contributed by atoms with van der Waals surface area (Å²) in [6.07, 6.45) is 15.8. The zero-order valence-corrected chi connectivity index (χ0v) is 10.7. The van der Waals surface area contributed by atoms with Gasteiger partial charge in [-0.05, 0) is 49.9 Å². The van der Waals surface area contributed by atoms with Crippen molar-refractivity contribution >= 4 is 0 Å². The summed E-state index contributed by atoms with van der Waals surface area (Å²) in [5.41, 5.74) is 3.58. The van der Waals surface area contributed by atoms with E-state index in [1.165, 1.54) is 44.2 Å². The Bertz CT molecular complexity index is 405. The maximum Gasteiger partial charge on any atom is 0.0921 e. The number of fused-ring (bicyclic) bond motifs is 1. The van der Waals surface area contributed by atoms with Gasteiger partial charge in [0.05, 0.1) is 6.33 Å². The smallest absolute Gasteiger partial charge is 0.0921 e. The van der Waals surface area contributed by atoms with Gasteiger partial charge in [0.2, 0.25) is 0 Å². The maximum absolute atomic E-state index is 4.11. The molecule has 0 aromatic carbocycles. The number of allylic oxidation sites excluding steroid dienone is 2. The third-order valence-electron chi connectivity index (χ3n) is 4.74. The third-order valence-corrected chi connectivity index (χ3v) is 4.74. The molecule has 1 saturated carbocycles. The van der Waals surface area contributed by atoms with E-state index in [4.69, 9.17) is 0 Å². The van der Waals surface area contributed by atoms with Crippen LogP contribution in [0.25, 0.3) is 0 Å². The molecule has 1 aromatic heterocycles. The molecule has 2 aliphatic carbocycles. The quantitative estimate of drug-likeness (QED) is 0.768. The zero-order chi connectivity index (χ0) is 11.7. The van der Waals surface area contributed by atoms with Gasteiger partial charge in [-0.3, -0.25) is 0 Å².